The molecule has 168 valence electrons. The molecule has 4 aromatic heterocycles. The first-order chi connectivity index (χ1) is 17.3. The van der Waals surface area contributed by atoms with Gasteiger partial charge in [-0.25, -0.2) is 24.9 Å². The second-order valence-corrected chi connectivity index (χ2v) is 7.82. The van der Waals surface area contributed by atoms with Gasteiger partial charge in [0, 0.05) is 30.1 Å². The van der Waals surface area contributed by atoms with E-state index in [9.17, 15) is 0 Å². The standard InChI is InChI=1S/C26H19N9/c27-15-16-7-9-18(10-8-16)21-22(17-5-2-1-3-6-17)32-23-19(30-21)11-12-20(31-23)24-33-26(35-34-24)25-28-13-4-14-29-25/h1-14H,15,27H2,(H,33,34,35). The molecule has 6 rings (SSSR count). The molecule has 0 saturated carbocycles. The van der Waals surface area contributed by atoms with Crippen molar-refractivity contribution in [1.82, 2.24) is 40.1 Å². The molecule has 0 spiro atoms. The topological polar surface area (TPSA) is 132 Å². The summed E-state index contributed by atoms with van der Waals surface area (Å²) in [6.45, 7) is 0.488. The lowest BCUT2D eigenvalue weighted by Crippen LogP contribution is -1.99. The number of hydrogen-bond acceptors (Lipinski definition) is 8. The molecule has 0 atom stereocenters. The molecule has 35 heavy (non-hydrogen) atoms. The lowest BCUT2D eigenvalue weighted by atomic mass is 10.0. The summed E-state index contributed by atoms with van der Waals surface area (Å²) in [6.07, 6.45) is 3.31. The van der Waals surface area contributed by atoms with Crippen molar-refractivity contribution in [2.24, 2.45) is 5.73 Å². The Labute approximate surface area is 200 Å². The van der Waals surface area contributed by atoms with E-state index in [-0.39, 0.29) is 0 Å². The molecule has 0 unspecified atom stereocenters. The zero-order chi connectivity index (χ0) is 23.6. The van der Waals surface area contributed by atoms with Gasteiger partial charge < -0.3 is 10.7 Å². The third-order valence-electron chi connectivity index (χ3n) is 5.55. The van der Waals surface area contributed by atoms with Crippen molar-refractivity contribution in [3.05, 3.63) is 90.8 Å². The highest BCUT2D eigenvalue weighted by molar-refractivity contribution is 5.85. The van der Waals surface area contributed by atoms with Gasteiger partial charge in [-0.3, -0.25) is 0 Å². The predicted molar refractivity (Wildman–Crippen MR) is 132 cm³/mol. The van der Waals surface area contributed by atoms with Crippen LogP contribution in [0.4, 0.5) is 0 Å². The van der Waals surface area contributed by atoms with Gasteiger partial charge in [-0.15, -0.1) is 10.2 Å². The number of pyridine rings is 1. The summed E-state index contributed by atoms with van der Waals surface area (Å²) in [7, 11) is 0. The summed E-state index contributed by atoms with van der Waals surface area (Å²) in [5, 5.41) is 8.39. The number of rotatable bonds is 5. The average molecular weight is 458 g/mol. The highest BCUT2D eigenvalue weighted by atomic mass is 15.2. The molecule has 0 aliphatic rings. The Balaban J connectivity index is 1.47. The molecule has 9 heteroatoms. The molecule has 6 aromatic rings. The quantitative estimate of drug-likeness (QED) is 0.396. The van der Waals surface area contributed by atoms with Crippen LogP contribution >= 0.6 is 0 Å². The molecule has 0 radical (unpaired) electrons. The Kier molecular flexibility index (Phi) is 5.21. The van der Waals surface area contributed by atoms with Crippen molar-refractivity contribution in [2.75, 3.05) is 0 Å². The van der Waals surface area contributed by atoms with Crippen molar-refractivity contribution in [2.45, 2.75) is 6.54 Å². The van der Waals surface area contributed by atoms with E-state index >= 15 is 0 Å². The van der Waals surface area contributed by atoms with E-state index in [0.717, 1.165) is 28.1 Å². The number of aromatic amines is 1. The van der Waals surface area contributed by atoms with Crippen LogP contribution in [-0.4, -0.2) is 40.1 Å². The molecular formula is C26H19N9. The average Bonchev–Trinajstić information content (AvgIpc) is 3.44. The number of benzene rings is 2. The fourth-order valence-corrected chi connectivity index (χ4v) is 3.77. The summed E-state index contributed by atoms with van der Waals surface area (Å²) < 4.78 is 0. The summed E-state index contributed by atoms with van der Waals surface area (Å²) in [5.41, 5.74) is 12.1. The van der Waals surface area contributed by atoms with Crippen LogP contribution in [0.5, 0.6) is 0 Å². The van der Waals surface area contributed by atoms with Crippen molar-refractivity contribution in [1.29, 1.82) is 0 Å². The number of hydrogen-bond donors (Lipinski definition) is 2. The van der Waals surface area contributed by atoms with E-state index in [4.69, 9.17) is 20.7 Å². The molecular weight excluding hydrogens is 438 g/mol. The van der Waals surface area contributed by atoms with Crippen LogP contribution in [0.3, 0.4) is 0 Å². The molecule has 0 bridgehead atoms. The maximum absolute atomic E-state index is 5.78. The van der Waals surface area contributed by atoms with Crippen LogP contribution in [0.2, 0.25) is 0 Å². The van der Waals surface area contributed by atoms with Crippen LogP contribution in [-0.2, 0) is 6.54 Å². The molecule has 3 N–H and O–H groups in total. The number of H-pyrrole nitrogens is 1. The Bertz CT molecular complexity index is 1610. The van der Waals surface area contributed by atoms with Gasteiger partial charge >= 0.3 is 0 Å². The fourth-order valence-electron chi connectivity index (χ4n) is 3.77. The molecule has 4 heterocycles. The van der Waals surface area contributed by atoms with Crippen molar-refractivity contribution >= 4 is 11.2 Å². The smallest absolute Gasteiger partial charge is 0.199 e. The Hall–Kier alpha value is -4.89. The molecule has 0 fully saturated rings. The van der Waals surface area contributed by atoms with Gasteiger partial charge in [0.15, 0.2) is 23.1 Å². The number of nitrogens with two attached hydrogens (primary N) is 1. The van der Waals surface area contributed by atoms with E-state index in [0.29, 0.717) is 40.9 Å². The van der Waals surface area contributed by atoms with Crippen LogP contribution in [0, 0.1) is 0 Å². The van der Waals surface area contributed by atoms with Crippen LogP contribution < -0.4 is 5.73 Å². The van der Waals surface area contributed by atoms with Crippen molar-refractivity contribution in [3.8, 4) is 45.7 Å². The number of nitrogens with zero attached hydrogens (tertiary/aromatic N) is 7. The lowest BCUT2D eigenvalue weighted by Gasteiger charge is -2.11. The molecule has 9 nitrogen and oxygen atoms in total. The number of fused-ring (bicyclic) bond motifs is 1. The molecule has 0 saturated heterocycles. The molecule has 0 amide bonds. The first-order valence-electron chi connectivity index (χ1n) is 11.0. The molecule has 0 aliphatic heterocycles. The third kappa shape index (κ3) is 4.00. The van der Waals surface area contributed by atoms with E-state index in [1.807, 2.05) is 66.7 Å². The van der Waals surface area contributed by atoms with Crippen molar-refractivity contribution < 1.29 is 0 Å². The van der Waals surface area contributed by atoms with E-state index < -0.39 is 0 Å². The summed E-state index contributed by atoms with van der Waals surface area (Å²) >= 11 is 0. The van der Waals surface area contributed by atoms with Crippen LogP contribution in [0.25, 0.3) is 56.8 Å². The van der Waals surface area contributed by atoms with Crippen molar-refractivity contribution in [3.63, 3.8) is 0 Å². The Morgan fingerprint density at radius 2 is 1.37 bits per heavy atom. The van der Waals surface area contributed by atoms with E-state index in [1.165, 1.54) is 0 Å². The second kappa shape index (κ2) is 8.81. The SMILES string of the molecule is NCc1ccc(-c2nc3ccc(-c4nnc(-c5ncccn5)[nH]4)nc3nc2-c2ccccc2)cc1. The van der Waals surface area contributed by atoms with Gasteiger partial charge in [0.25, 0.3) is 0 Å². The summed E-state index contributed by atoms with van der Waals surface area (Å²) in [6, 6.07) is 23.5. The van der Waals surface area contributed by atoms with Gasteiger partial charge in [-0.2, -0.15) is 0 Å². The van der Waals surface area contributed by atoms with Crippen LogP contribution in [0.15, 0.2) is 85.2 Å². The zero-order valence-electron chi connectivity index (χ0n) is 18.5. The first kappa shape index (κ1) is 20.7. The number of aromatic nitrogens is 8. The fraction of sp³-hybridized carbons (Fsp3) is 0.0385. The predicted octanol–water partition coefficient (Wildman–Crippen LogP) is 4.06. The zero-order valence-corrected chi connectivity index (χ0v) is 18.5. The minimum Gasteiger partial charge on any atom is -0.326 e. The summed E-state index contributed by atoms with van der Waals surface area (Å²) in [4.78, 5) is 26.2. The van der Waals surface area contributed by atoms with Gasteiger partial charge in [0.2, 0.25) is 0 Å². The Morgan fingerprint density at radius 3 is 2.14 bits per heavy atom. The summed E-state index contributed by atoms with van der Waals surface area (Å²) in [5.74, 6) is 1.43. The van der Waals surface area contributed by atoms with Gasteiger partial charge in [-0.1, -0.05) is 54.6 Å². The van der Waals surface area contributed by atoms with Gasteiger partial charge in [0.05, 0.1) is 11.4 Å². The van der Waals surface area contributed by atoms with E-state index in [1.54, 1.807) is 18.5 Å². The van der Waals surface area contributed by atoms with Gasteiger partial charge in [-0.05, 0) is 23.8 Å². The van der Waals surface area contributed by atoms with E-state index in [2.05, 4.69) is 25.1 Å². The third-order valence-corrected chi connectivity index (χ3v) is 5.55. The second-order valence-electron chi connectivity index (χ2n) is 7.82. The molecule has 0 aliphatic carbocycles. The van der Waals surface area contributed by atoms with Gasteiger partial charge in [0.1, 0.15) is 11.2 Å². The highest BCUT2D eigenvalue weighted by Crippen LogP contribution is 2.31. The highest BCUT2D eigenvalue weighted by Gasteiger charge is 2.16. The first-order valence-corrected chi connectivity index (χ1v) is 11.0. The lowest BCUT2D eigenvalue weighted by molar-refractivity contribution is 1.06. The largest absolute Gasteiger partial charge is 0.326 e. The minimum absolute atomic E-state index is 0.462. The number of nitrogens with one attached hydrogen (secondary N) is 1. The maximum Gasteiger partial charge on any atom is 0.199 e. The molecule has 2 aromatic carbocycles. The van der Waals surface area contributed by atoms with Crippen LogP contribution in [0.1, 0.15) is 5.56 Å². The normalized spacial score (nSPS) is 11.1. The minimum atomic E-state index is 0.462. The monoisotopic (exact) mass is 457 g/mol. The Morgan fingerprint density at radius 1 is 0.657 bits per heavy atom. The maximum atomic E-state index is 5.78.